The fourth-order valence-electron chi connectivity index (χ4n) is 3.78. The van der Waals surface area contributed by atoms with Crippen molar-refractivity contribution in [3.8, 4) is 5.75 Å². The number of hydrogen-bond acceptors (Lipinski definition) is 3. The summed E-state index contributed by atoms with van der Waals surface area (Å²) in [6.07, 6.45) is 4.00. The Labute approximate surface area is 198 Å². The predicted molar refractivity (Wildman–Crippen MR) is 138 cm³/mol. The summed E-state index contributed by atoms with van der Waals surface area (Å²) < 4.78 is 26.9. The normalized spacial score (nSPS) is 12.9. The third kappa shape index (κ3) is 6.14. The van der Waals surface area contributed by atoms with Crippen molar-refractivity contribution in [3.05, 3.63) is 94.5 Å². The van der Waals surface area contributed by atoms with Gasteiger partial charge in [-0.3, -0.25) is 0 Å². The van der Waals surface area contributed by atoms with Gasteiger partial charge in [0.15, 0.2) is 9.84 Å². The van der Waals surface area contributed by atoms with E-state index < -0.39 is 20.7 Å². The smallest absolute Gasteiger partial charge is 0.182 e. The van der Waals surface area contributed by atoms with Crippen LogP contribution in [0.1, 0.15) is 69.4 Å². The monoisotopic (exact) mass is 462 g/mol. The van der Waals surface area contributed by atoms with Crippen molar-refractivity contribution >= 4 is 22.0 Å². The fraction of sp³-hybridized carbons (Fsp3) is 0.310. The van der Waals surface area contributed by atoms with Crippen LogP contribution in [0.2, 0.25) is 0 Å². The van der Waals surface area contributed by atoms with E-state index in [-0.39, 0.29) is 16.4 Å². The van der Waals surface area contributed by atoms with E-state index in [0.29, 0.717) is 11.1 Å². The first-order valence-corrected chi connectivity index (χ1v) is 12.9. The molecule has 33 heavy (non-hydrogen) atoms. The van der Waals surface area contributed by atoms with Crippen LogP contribution in [-0.4, -0.2) is 13.5 Å². The van der Waals surface area contributed by atoms with Gasteiger partial charge in [-0.2, -0.15) is 0 Å². The van der Waals surface area contributed by atoms with Crippen molar-refractivity contribution in [2.45, 2.75) is 63.0 Å². The van der Waals surface area contributed by atoms with Crippen LogP contribution in [0.5, 0.6) is 5.75 Å². The van der Waals surface area contributed by atoms with Gasteiger partial charge in [-0.25, -0.2) is 8.42 Å². The average Bonchev–Trinajstić information content (AvgIpc) is 2.71. The molecule has 0 aromatic heterocycles. The van der Waals surface area contributed by atoms with E-state index in [2.05, 4.69) is 0 Å². The lowest BCUT2D eigenvalue weighted by molar-refractivity contribution is 0.422. The molecule has 174 valence electrons. The Morgan fingerprint density at radius 2 is 1.24 bits per heavy atom. The standard InChI is InChI=1S/C29H34O3S/c1-28(2,3)25-18-24(19-26(27(25)30)29(4,5)6)33(31,32)20-23-14-10-13-22(17-23)16-15-21-11-8-7-9-12-21/h7-19,30H,20H2,1-6H3. The molecule has 3 rings (SSSR count). The summed E-state index contributed by atoms with van der Waals surface area (Å²) in [5, 5.41) is 10.9. The maximum absolute atomic E-state index is 13.5. The number of rotatable bonds is 5. The van der Waals surface area contributed by atoms with Gasteiger partial charge in [0.25, 0.3) is 0 Å². The summed E-state index contributed by atoms with van der Waals surface area (Å²) >= 11 is 0. The molecule has 0 aliphatic heterocycles. The van der Waals surface area contributed by atoms with Crippen LogP contribution in [-0.2, 0) is 26.4 Å². The maximum Gasteiger partial charge on any atom is 0.182 e. The Kier molecular flexibility index (Phi) is 6.90. The highest BCUT2D eigenvalue weighted by Crippen LogP contribution is 2.41. The SMILES string of the molecule is CC(C)(C)c1cc(S(=O)(=O)Cc2cccc(C=Cc3ccccc3)c2)cc(C(C)(C)C)c1O. The van der Waals surface area contributed by atoms with Crippen LogP contribution in [0.4, 0.5) is 0 Å². The lowest BCUT2D eigenvalue weighted by Gasteiger charge is -2.28. The molecule has 0 aliphatic carbocycles. The third-order valence-corrected chi connectivity index (χ3v) is 7.30. The highest BCUT2D eigenvalue weighted by atomic mass is 32.2. The van der Waals surface area contributed by atoms with Crippen molar-refractivity contribution in [3.63, 3.8) is 0 Å². The van der Waals surface area contributed by atoms with E-state index in [4.69, 9.17) is 0 Å². The highest BCUT2D eigenvalue weighted by Gasteiger charge is 2.29. The molecule has 0 radical (unpaired) electrons. The molecule has 3 aromatic rings. The lowest BCUT2D eigenvalue weighted by Crippen LogP contribution is -2.19. The van der Waals surface area contributed by atoms with Crippen molar-refractivity contribution in [1.29, 1.82) is 0 Å². The molecule has 0 amide bonds. The van der Waals surface area contributed by atoms with Crippen LogP contribution in [0.25, 0.3) is 12.2 Å². The second kappa shape index (κ2) is 9.18. The topological polar surface area (TPSA) is 54.4 Å². The van der Waals surface area contributed by atoms with E-state index >= 15 is 0 Å². The summed E-state index contributed by atoms with van der Waals surface area (Å²) in [5.74, 6) is 0.0832. The van der Waals surface area contributed by atoms with Crippen LogP contribution >= 0.6 is 0 Å². The van der Waals surface area contributed by atoms with Crippen molar-refractivity contribution < 1.29 is 13.5 Å². The van der Waals surface area contributed by atoms with Gasteiger partial charge in [-0.1, -0.05) is 108 Å². The highest BCUT2D eigenvalue weighted by molar-refractivity contribution is 7.90. The molecular weight excluding hydrogens is 428 g/mol. The minimum atomic E-state index is -3.61. The van der Waals surface area contributed by atoms with Crippen LogP contribution < -0.4 is 0 Å². The van der Waals surface area contributed by atoms with Crippen LogP contribution in [0, 0.1) is 0 Å². The fourth-order valence-corrected chi connectivity index (χ4v) is 5.16. The third-order valence-electron chi connectivity index (χ3n) is 5.63. The minimum absolute atomic E-state index is 0.0992. The van der Waals surface area contributed by atoms with Gasteiger partial charge in [0.1, 0.15) is 5.75 Å². The van der Waals surface area contributed by atoms with E-state index in [9.17, 15) is 13.5 Å². The Balaban J connectivity index is 1.98. The first kappa shape index (κ1) is 24.8. The zero-order valence-electron chi connectivity index (χ0n) is 20.4. The molecule has 0 fully saturated rings. The maximum atomic E-state index is 13.5. The van der Waals surface area contributed by atoms with E-state index in [1.54, 1.807) is 12.1 Å². The van der Waals surface area contributed by atoms with Gasteiger partial charge in [-0.05, 0) is 39.7 Å². The number of phenolic OH excluding ortho intramolecular Hbond substituents is 1. The van der Waals surface area contributed by atoms with Gasteiger partial charge < -0.3 is 5.11 Å². The molecular formula is C29H34O3S. The van der Waals surface area contributed by atoms with Crippen molar-refractivity contribution in [2.24, 2.45) is 0 Å². The molecule has 0 unspecified atom stereocenters. The Morgan fingerprint density at radius 3 is 1.79 bits per heavy atom. The Bertz CT molecular complexity index is 1220. The molecule has 3 nitrogen and oxygen atoms in total. The molecule has 3 aromatic carbocycles. The van der Waals surface area contributed by atoms with Crippen LogP contribution in [0.15, 0.2) is 71.6 Å². The van der Waals surface area contributed by atoms with Gasteiger partial charge in [0, 0.05) is 11.1 Å². The zero-order chi connectivity index (χ0) is 24.4. The quantitative estimate of drug-likeness (QED) is 0.410. The predicted octanol–water partition coefficient (Wildman–Crippen LogP) is 7.13. The second-order valence-electron chi connectivity index (χ2n) is 10.6. The summed E-state index contributed by atoms with van der Waals surface area (Å²) in [6, 6.07) is 20.9. The minimum Gasteiger partial charge on any atom is -0.507 e. The Hall–Kier alpha value is -2.85. The first-order valence-electron chi connectivity index (χ1n) is 11.2. The number of benzene rings is 3. The van der Waals surface area contributed by atoms with E-state index in [1.165, 1.54) is 0 Å². The summed E-state index contributed by atoms with van der Waals surface area (Å²) in [4.78, 5) is 0.250. The first-order chi connectivity index (χ1) is 15.3. The molecule has 0 spiro atoms. The summed E-state index contributed by atoms with van der Waals surface area (Å²) in [6.45, 7) is 11.9. The van der Waals surface area contributed by atoms with E-state index in [0.717, 1.165) is 16.7 Å². The van der Waals surface area contributed by atoms with Crippen molar-refractivity contribution in [1.82, 2.24) is 0 Å². The van der Waals surface area contributed by atoms with Gasteiger partial charge in [-0.15, -0.1) is 0 Å². The summed E-state index contributed by atoms with van der Waals surface area (Å²) in [5.41, 5.74) is 3.27. The molecule has 0 atom stereocenters. The largest absolute Gasteiger partial charge is 0.507 e. The lowest BCUT2D eigenvalue weighted by atomic mass is 9.79. The number of hydrogen-bond donors (Lipinski definition) is 1. The van der Waals surface area contributed by atoms with Crippen molar-refractivity contribution in [2.75, 3.05) is 0 Å². The average molecular weight is 463 g/mol. The summed E-state index contributed by atoms with van der Waals surface area (Å²) in [7, 11) is -3.61. The molecule has 0 aliphatic rings. The molecule has 0 saturated carbocycles. The van der Waals surface area contributed by atoms with Gasteiger partial charge in [0.05, 0.1) is 10.6 Å². The number of phenols is 1. The van der Waals surface area contributed by atoms with Gasteiger partial charge >= 0.3 is 0 Å². The molecule has 4 heteroatoms. The zero-order valence-corrected chi connectivity index (χ0v) is 21.2. The molecule has 0 saturated heterocycles. The Morgan fingerprint density at radius 1 is 0.727 bits per heavy atom. The van der Waals surface area contributed by atoms with Gasteiger partial charge in [0.2, 0.25) is 0 Å². The second-order valence-corrected chi connectivity index (χ2v) is 12.6. The molecule has 0 heterocycles. The van der Waals surface area contributed by atoms with E-state index in [1.807, 2.05) is 108 Å². The van der Waals surface area contributed by atoms with Crippen LogP contribution in [0.3, 0.4) is 0 Å². The number of sulfone groups is 1. The number of aromatic hydroxyl groups is 1. The molecule has 1 N–H and O–H groups in total. The molecule has 0 bridgehead atoms.